The molecule has 0 amide bonds. The van der Waals surface area contributed by atoms with Crippen molar-refractivity contribution in [1.29, 1.82) is 0 Å². The maximum absolute atomic E-state index is 5.38. The van der Waals surface area contributed by atoms with E-state index >= 15 is 0 Å². The van der Waals surface area contributed by atoms with Crippen molar-refractivity contribution in [3.05, 3.63) is 24.2 Å². The molecule has 0 aliphatic carbocycles. The third-order valence-electron chi connectivity index (χ3n) is 2.92. The lowest BCUT2D eigenvalue weighted by Gasteiger charge is -2.35. The smallest absolute Gasteiger partial charge is 0.205 e. The Bertz CT molecular complexity index is 477. The van der Waals surface area contributed by atoms with Crippen LogP contribution in [0.15, 0.2) is 32.8 Å². The fraction of sp³-hybridized carbons (Fsp3) is 0.538. The van der Waals surface area contributed by atoms with Crippen molar-refractivity contribution in [2.24, 2.45) is 9.98 Å². The highest BCUT2D eigenvalue weighted by Crippen LogP contribution is 2.12. The van der Waals surface area contributed by atoms with Crippen LogP contribution in [-0.2, 0) is 6.54 Å². The average molecular weight is 263 g/mol. The summed E-state index contributed by atoms with van der Waals surface area (Å²) in [5.41, 5.74) is 0. The lowest BCUT2D eigenvalue weighted by molar-refractivity contribution is 0.367. The number of furan rings is 1. The van der Waals surface area contributed by atoms with Crippen molar-refractivity contribution in [2.75, 3.05) is 28.2 Å². The Balaban J connectivity index is 2.15. The van der Waals surface area contributed by atoms with Crippen LogP contribution in [0.25, 0.3) is 0 Å². The molecule has 19 heavy (non-hydrogen) atoms. The zero-order valence-corrected chi connectivity index (χ0v) is 12.2. The second-order valence-electron chi connectivity index (χ2n) is 4.88. The number of guanidine groups is 2. The zero-order valence-electron chi connectivity index (χ0n) is 12.2. The number of aliphatic imine (C=N–C) groups is 2. The van der Waals surface area contributed by atoms with Gasteiger partial charge in [-0.25, -0.2) is 9.98 Å². The molecule has 2 rings (SSSR count). The predicted octanol–water partition coefficient (Wildman–Crippen LogP) is 1.28. The summed E-state index contributed by atoms with van der Waals surface area (Å²) in [6.45, 7) is 2.67. The van der Waals surface area contributed by atoms with E-state index in [0.717, 1.165) is 17.7 Å². The molecular weight excluding hydrogens is 242 g/mol. The van der Waals surface area contributed by atoms with E-state index in [1.807, 2.05) is 57.0 Å². The van der Waals surface area contributed by atoms with Crippen LogP contribution in [0.2, 0.25) is 0 Å². The summed E-state index contributed by atoms with van der Waals surface area (Å²) in [5.74, 6) is 2.71. The molecule has 1 atom stereocenters. The van der Waals surface area contributed by atoms with Gasteiger partial charge in [-0.1, -0.05) is 0 Å². The van der Waals surface area contributed by atoms with Gasteiger partial charge in [0, 0.05) is 28.2 Å². The van der Waals surface area contributed by atoms with E-state index in [-0.39, 0.29) is 6.17 Å². The van der Waals surface area contributed by atoms with E-state index in [4.69, 9.17) is 4.42 Å². The van der Waals surface area contributed by atoms with E-state index in [1.165, 1.54) is 0 Å². The Hall–Kier alpha value is -1.98. The molecule has 1 aromatic heterocycles. The monoisotopic (exact) mass is 263 g/mol. The Morgan fingerprint density at radius 2 is 1.95 bits per heavy atom. The molecule has 0 saturated carbocycles. The van der Waals surface area contributed by atoms with Crippen LogP contribution in [0.4, 0.5) is 0 Å². The molecule has 1 unspecified atom stereocenters. The van der Waals surface area contributed by atoms with Gasteiger partial charge in [0.2, 0.25) is 11.9 Å². The van der Waals surface area contributed by atoms with Gasteiger partial charge in [0.25, 0.3) is 0 Å². The fourth-order valence-corrected chi connectivity index (χ4v) is 2.10. The Labute approximate surface area is 114 Å². The summed E-state index contributed by atoms with van der Waals surface area (Å²) < 4.78 is 5.38. The molecule has 104 valence electrons. The number of rotatable bonds is 2. The number of nitrogens with zero attached hydrogens (tertiary/aromatic N) is 5. The molecule has 0 bridgehead atoms. The molecule has 0 spiro atoms. The van der Waals surface area contributed by atoms with E-state index < -0.39 is 0 Å². The highest BCUT2D eigenvalue weighted by molar-refractivity contribution is 5.99. The minimum absolute atomic E-state index is 0.0670. The normalized spacial score (nSPS) is 19.0. The van der Waals surface area contributed by atoms with Gasteiger partial charge < -0.3 is 14.2 Å². The summed E-state index contributed by atoms with van der Waals surface area (Å²) in [6, 6.07) is 3.86. The summed E-state index contributed by atoms with van der Waals surface area (Å²) in [7, 11) is 7.94. The summed E-state index contributed by atoms with van der Waals surface area (Å²) >= 11 is 0. The van der Waals surface area contributed by atoms with Gasteiger partial charge in [-0.05, 0) is 19.1 Å². The van der Waals surface area contributed by atoms with Gasteiger partial charge >= 0.3 is 0 Å². The Kier molecular flexibility index (Phi) is 3.78. The quantitative estimate of drug-likeness (QED) is 0.806. The fourth-order valence-electron chi connectivity index (χ4n) is 2.10. The number of hydrogen-bond acceptors (Lipinski definition) is 6. The van der Waals surface area contributed by atoms with E-state index in [9.17, 15) is 0 Å². The molecule has 0 N–H and O–H groups in total. The highest BCUT2D eigenvalue weighted by atomic mass is 16.3. The van der Waals surface area contributed by atoms with Gasteiger partial charge in [0.1, 0.15) is 11.9 Å². The lowest BCUT2D eigenvalue weighted by Crippen LogP contribution is -2.50. The second-order valence-corrected chi connectivity index (χ2v) is 4.88. The van der Waals surface area contributed by atoms with E-state index in [0.29, 0.717) is 6.54 Å². The van der Waals surface area contributed by atoms with Crippen LogP contribution in [0, 0.1) is 0 Å². The molecule has 2 heterocycles. The highest BCUT2D eigenvalue weighted by Gasteiger charge is 2.24. The topological polar surface area (TPSA) is 47.6 Å². The standard InChI is InChI=1S/C13H21N5O/c1-10-14-12(16(2)3)18(5)13(15-10)17(4)9-11-7-6-8-19-11/h6-8,10H,9H2,1-5H3. The number of hydrogen-bond donors (Lipinski definition) is 0. The minimum atomic E-state index is -0.0670. The molecule has 1 aliphatic rings. The second kappa shape index (κ2) is 5.34. The maximum atomic E-state index is 5.38. The van der Waals surface area contributed by atoms with Crippen molar-refractivity contribution in [3.63, 3.8) is 0 Å². The molecule has 0 fully saturated rings. The summed E-state index contributed by atoms with van der Waals surface area (Å²) in [6.07, 6.45) is 1.62. The first-order valence-corrected chi connectivity index (χ1v) is 6.29. The molecule has 6 heteroatoms. The van der Waals surface area contributed by atoms with Gasteiger partial charge in [0.15, 0.2) is 0 Å². The van der Waals surface area contributed by atoms with E-state index in [1.54, 1.807) is 6.26 Å². The third-order valence-corrected chi connectivity index (χ3v) is 2.92. The van der Waals surface area contributed by atoms with Crippen LogP contribution in [0.5, 0.6) is 0 Å². The molecule has 1 aromatic rings. The third kappa shape index (κ3) is 2.89. The van der Waals surface area contributed by atoms with Gasteiger partial charge in [-0.15, -0.1) is 0 Å². The van der Waals surface area contributed by atoms with E-state index in [2.05, 4.69) is 14.9 Å². The van der Waals surface area contributed by atoms with Crippen LogP contribution < -0.4 is 0 Å². The summed E-state index contributed by atoms with van der Waals surface area (Å²) in [4.78, 5) is 15.2. The largest absolute Gasteiger partial charge is 0.467 e. The molecule has 0 saturated heterocycles. The van der Waals surface area contributed by atoms with Gasteiger partial charge in [-0.2, -0.15) is 0 Å². The van der Waals surface area contributed by atoms with Gasteiger partial charge in [0.05, 0.1) is 12.8 Å². The average Bonchev–Trinajstić information content (AvgIpc) is 2.84. The Morgan fingerprint density at radius 1 is 1.26 bits per heavy atom. The lowest BCUT2D eigenvalue weighted by atomic mass is 10.4. The van der Waals surface area contributed by atoms with Gasteiger partial charge in [-0.3, -0.25) is 4.90 Å². The first-order chi connectivity index (χ1) is 8.99. The van der Waals surface area contributed by atoms with Crippen molar-refractivity contribution < 1.29 is 4.42 Å². The van der Waals surface area contributed by atoms with Crippen LogP contribution in [-0.4, -0.2) is 61.0 Å². The SMILES string of the molecule is CC1N=C(N(C)C)N(C)C(N(C)Cc2ccco2)=N1. The van der Waals surface area contributed by atoms with Crippen molar-refractivity contribution in [2.45, 2.75) is 19.6 Å². The molecule has 0 radical (unpaired) electrons. The van der Waals surface area contributed by atoms with Crippen molar-refractivity contribution in [3.8, 4) is 0 Å². The predicted molar refractivity (Wildman–Crippen MR) is 76.0 cm³/mol. The van der Waals surface area contributed by atoms with Crippen molar-refractivity contribution >= 4 is 11.9 Å². The van der Waals surface area contributed by atoms with Crippen LogP contribution in [0.1, 0.15) is 12.7 Å². The van der Waals surface area contributed by atoms with Crippen molar-refractivity contribution in [1.82, 2.24) is 14.7 Å². The zero-order chi connectivity index (χ0) is 14.0. The molecular formula is C13H21N5O. The van der Waals surface area contributed by atoms with Crippen LogP contribution in [0.3, 0.4) is 0 Å². The Morgan fingerprint density at radius 3 is 2.53 bits per heavy atom. The maximum Gasteiger partial charge on any atom is 0.205 e. The molecule has 6 nitrogen and oxygen atoms in total. The summed E-state index contributed by atoms with van der Waals surface area (Å²) in [5, 5.41) is 0. The molecule has 1 aliphatic heterocycles. The van der Waals surface area contributed by atoms with Crippen LogP contribution >= 0.6 is 0 Å². The molecule has 0 aromatic carbocycles. The minimum Gasteiger partial charge on any atom is -0.467 e. The first kappa shape index (κ1) is 13.5. The first-order valence-electron chi connectivity index (χ1n) is 6.29.